The summed E-state index contributed by atoms with van der Waals surface area (Å²) in [5, 5.41) is 20.7. The summed E-state index contributed by atoms with van der Waals surface area (Å²) in [5.41, 5.74) is 0. The Morgan fingerprint density at radius 1 is 0.248 bits per heavy atom. The predicted octanol–water partition coefficient (Wildman–Crippen LogP) is 26.2. The molecular weight excluding hydrogens is 1460 g/mol. The first-order valence-electron chi connectivity index (χ1n) is 43.0. The van der Waals surface area contributed by atoms with E-state index in [0.717, 1.165) is 193 Å². The van der Waals surface area contributed by atoms with E-state index in [4.69, 9.17) is 32.3 Å². The minimum Gasteiger partial charge on any atom is -0.463 e. The highest BCUT2D eigenvalue weighted by Crippen LogP contribution is 2.45. The summed E-state index contributed by atoms with van der Waals surface area (Å²) in [4.78, 5) is 58.9. The van der Waals surface area contributed by atoms with Gasteiger partial charge in [-0.2, -0.15) is 0 Å². The number of aliphatic hydroxyl groups excluding tert-OH is 2. The minimum atomic E-state index is -4.96. The van der Waals surface area contributed by atoms with Gasteiger partial charge < -0.3 is 34.2 Å². The number of aliphatic hydroxyl groups is 2. The number of hydrogen-bond acceptors (Lipinski definition) is 14. The highest BCUT2D eigenvalue weighted by Gasteiger charge is 2.29. The largest absolute Gasteiger partial charge is 0.472 e. The molecule has 113 heavy (non-hydrogen) atoms. The van der Waals surface area contributed by atoms with Gasteiger partial charge in [0.2, 0.25) is 0 Å². The van der Waals surface area contributed by atoms with E-state index in [9.17, 15) is 43.5 Å². The Morgan fingerprint density at radius 3 is 0.699 bits per heavy atom. The first-order chi connectivity index (χ1) is 55.2. The average Bonchev–Trinajstić information content (AvgIpc) is 0.903. The number of hydrogen-bond donors (Lipinski definition) is 4. The fourth-order valence-corrected chi connectivity index (χ4v) is 12.3. The molecule has 0 aliphatic carbocycles. The van der Waals surface area contributed by atoms with Crippen LogP contribution in [0.4, 0.5) is 0 Å². The number of phosphoric ester groups is 2. The standard InChI is InChI=1S/C95H152O16P2/c1-4-7-10-13-16-19-22-25-28-31-34-37-40-41-42-43-44-45-46-47-50-52-54-57-60-63-66-69-72-75-78-81-93(98)105-84-90(96)85-107-112(101,102)108-86-91(97)87-109-113(103,104)110-89-92(111-95(100)83-80-77-74-71-68-65-62-59-56-53-49-39-36-33-30-27-24-21-18-15-12-9-6-3)88-106-94(99)82-79-76-73-70-67-64-61-58-55-51-48-38-35-32-29-26-23-20-17-14-11-8-5-2/h7-12,16-21,25-30,34-39,41-42,44-45,51,53,55-56,61-62,64-65,90-92,96-97H,4-6,13-15,22-24,31-33,40,43,46-50,52,54,57-60,63,66-89H2,1-3H3,(H,101,102)(H,103,104)/b10-7-,11-8-,12-9-,19-16-,20-17-,21-18-,28-25-,29-26-,30-27-,37-34-,38-35-,39-36-,42-41-,45-44-,55-51-,56-53-,64-61-,65-62-. The number of unbranched alkanes of at least 4 members (excludes halogenated alkanes) is 20. The zero-order chi connectivity index (χ0) is 82.2. The maximum Gasteiger partial charge on any atom is 0.472 e. The van der Waals surface area contributed by atoms with Crippen LogP contribution in [0.25, 0.3) is 0 Å². The third-order valence-corrected chi connectivity index (χ3v) is 19.1. The molecule has 0 fully saturated rings. The minimum absolute atomic E-state index is 0.0590. The van der Waals surface area contributed by atoms with Crippen molar-refractivity contribution in [2.75, 3.05) is 39.6 Å². The van der Waals surface area contributed by atoms with Crippen molar-refractivity contribution in [3.05, 3.63) is 219 Å². The molecule has 0 bridgehead atoms. The van der Waals surface area contributed by atoms with Crippen LogP contribution in [0, 0.1) is 0 Å². The van der Waals surface area contributed by atoms with Gasteiger partial charge in [-0.1, -0.05) is 329 Å². The van der Waals surface area contributed by atoms with Crippen LogP contribution < -0.4 is 0 Å². The van der Waals surface area contributed by atoms with E-state index in [-0.39, 0.29) is 19.3 Å². The molecule has 18 heteroatoms. The molecule has 5 atom stereocenters. The number of allylic oxidation sites excluding steroid dienone is 36. The maximum atomic E-state index is 13.0. The quantitative estimate of drug-likeness (QED) is 0.0146. The molecule has 0 aromatic rings. The lowest BCUT2D eigenvalue weighted by Gasteiger charge is -2.21. The number of phosphoric acid groups is 2. The van der Waals surface area contributed by atoms with Crippen LogP contribution in [0.3, 0.4) is 0 Å². The summed E-state index contributed by atoms with van der Waals surface area (Å²) in [6, 6.07) is 0. The average molecular weight is 1610 g/mol. The van der Waals surface area contributed by atoms with Crippen molar-refractivity contribution in [1.29, 1.82) is 0 Å². The van der Waals surface area contributed by atoms with Gasteiger partial charge in [0.05, 0.1) is 26.4 Å². The van der Waals surface area contributed by atoms with Crippen LogP contribution in [0.2, 0.25) is 0 Å². The highest BCUT2D eigenvalue weighted by molar-refractivity contribution is 7.47. The topological polar surface area (TPSA) is 231 Å². The SMILES string of the molecule is CC/C=C\C/C=C\C/C=C\C/C=C\C/C=C\C/C=C\CCCCCCCCCCCCCCC(=O)OCC(O)COP(=O)(O)OCC(O)COP(=O)(O)OCC(COC(=O)CCCCCC/C=C\C/C=C\C/C=C\C/C=C\C/C=C\C/C=C\CC)OC(=O)CCCCCC/C=C\C/C=C\C/C=C\C/C=C\C/C=C\C/C=C\CC. The van der Waals surface area contributed by atoms with Gasteiger partial charge in [0.25, 0.3) is 0 Å². The van der Waals surface area contributed by atoms with Gasteiger partial charge in [-0.05, 0) is 173 Å². The molecule has 16 nitrogen and oxygen atoms in total. The lowest BCUT2D eigenvalue weighted by Crippen LogP contribution is -2.30. The van der Waals surface area contributed by atoms with Gasteiger partial charge in [0, 0.05) is 19.3 Å². The van der Waals surface area contributed by atoms with Crippen LogP contribution in [0.5, 0.6) is 0 Å². The summed E-state index contributed by atoms with van der Waals surface area (Å²) < 4.78 is 61.3. The Kier molecular flexibility index (Phi) is 80.6. The molecule has 0 aliphatic heterocycles. The summed E-state index contributed by atoms with van der Waals surface area (Å²) in [7, 11) is -9.84. The molecule has 0 amide bonds. The Labute approximate surface area is 685 Å². The van der Waals surface area contributed by atoms with E-state index < -0.39 is 91.5 Å². The van der Waals surface area contributed by atoms with Crippen molar-refractivity contribution >= 4 is 33.6 Å². The van der Waals surface area contributed by atoms with E-state index in [1.807, 2.05) is 0 Å². The number of carbonyl (C=O) groups is 3. The molecular formula is C95H152O16P2. The van der Waals surface area contributed by atoms with Crippen LogP contribution in [0.1, 0.15) is 303 Å². The summed E-state index contributed by atoms with van der Waals surface area (Å²) in [6.45, 7) is 2.26. The van der Waals surface area contributed by atoms with E-state index in [1.54, 1.807) is 0 Å². The Balaban J connectivity index is 4.69. The van der Waals surface area contributed by atoms with Crippen molar-refractivity contribution in [3.8, 4) is 0 Å². The maximum absolute atomic E-state index is 13.0. The first kappa shape index (κ1) is 107. The van der Waals surface area contributed by atoms with Gasteiger partial charge >= 0.3 is 33.6 Å². The lowest BCUT2D eigenvalue weighted by molar-refractivity contribution is -0.161. The highest BCUT2D eigenvalue weighted by atomic mass is 31.2. The van der Waals surface area contributed by atoms with Gasteiger partial charge in [-0.15, -0.1) is 0 Å². The van der Waals surface area contributed by atoms with E-state index in [1.165, 1.54) is 51.4 Å². The molecule has 0 aromatic carbocycles. The molecule has 0 aromatic heterocycles. The fourth-order valence-electron chi connectivity index (χ4n) is 10.8. The second kappa shape index (κ2) is 85.2. The smallest absolute Gasteiger partial charge is 0.463 e. The van der Waals surface area contributed by atoms with Crippen LogP contribution >= 0.6 is 15.6 Å². The van der Waals surface area contributed by atoms with Crippen molar-refractivity contribution < 1.29 is 75.8 Å². The molecule has 0 heterocycles. The van der Waals surface area contributed by atoms with Crippen molar-refractivity contribution in [3.63, 3.8) is 0 Å². The van der Waals surface area contributed by atoms with Crippen molar-refractivity contribution in [2.24, 2.45) is 0 Å². The molecule has 0 radical (unpaired) electrons. The van der Waals surface area contributed by atoms with Crippen molar-refractivity contribution in [1.82, 2.24) is 0 Å². The van der Waals surface area contributed by atoms with Gasteiger partial charge in [0.15, 0.2) is 6.10 Å². The molecule has 0 aliphatic rings. The number of rotatable bonds is 79. The van der Waals surface area contributed by atoms with Gasteiger partial charge in [-0.3, -0.25) is 32.5 Å². The molecule has 0 spiro atoms. The fraction of sp³-hybridized carbons (Fsp3) is 0.589. The third kappa shape index (κ3) is 86.6. The zero-order valence-corrected chi connectivity index (χ0v) is 71.7. The predicted molar refractivity (Wildman–Crippen MR) is 472 cm³/mol. The Bertz CT molecular complexity index is 2930. The van der Waals surface area contributed by atoms with Crippen LogP contribution in [-0.2, 0) is 55.8 Å². The van der Waals surface area contributed by atoms with Gasteiger partial charge in [-0.25, -0.2) is 9.13 Å². The summed E-state index contributed by atoms with van der Waals surface area (Å²) >= 11 is 0. The molecule has 0 saturated carbocycles. The first-order valence-corrected chi connectivity index (χ1v) is 46.0. The van der Waals surface area contributed by atoms with E-state index in [0.29, 0.717) is 19.3 Å². The molecule has 638 valence electrons. The Morgan fingerprint density at radius 2 is 0.442 bits per heavy atom. The van der Waals surface area contributed by atoms with Crippen molar-refractivity contribution in [2.45, 2.75) is 322 Å². The Hall–Kier alpha value is -6.13. The molecule has 5 unspecified atom stereocenters. The normalized spacial score (nSPS) is 14.9. The number of esters is 3. The van der Waals surface area contributed by atoms with E-state index >= 15 is 0 Å². The second-order valence-electron chi connectivity index (χ2n) is 27.8. The van der Waals surface area contributed by atoms with E-state index in [2.05, 4.69) is 240 Å². The second-order valence-corrected chi connectivity index (χ2v) is 30.7. The summed E-state index contributed by atoms with van der Waals surface area (Å²) in [6.07, 6.45) is 115. The monoisotopic (exact) mass is 1610 g/mol. The number of ether oxygens (including phenoxy) is 3. The lowest BCUT2D eigenvalue weighted by atomic mass is 10.0. The number of carbonyl (C=O) groups excluding carboxylic acids is 3. The molecule has 0 rings (SSSR count). The zero-order valence-electron chi connectivity index (χ0n) is 70.0. The molecule has 0 saturated heterocycles. The van der Waals surface area contributed by atoms with Crippen LogP contribution in [0.15, 0.2) is 219 Å². The van der Waals surface area contributed by atoms with Crippen LogP contribution in [-0.4, -0.2) is 95.9 Å². The molecule has 4 N–H and O–H groups in total. The van der Waals surface area contributed by atoms with Gasteiger partial charge in [0.1, 0.15) is 25.4 Å². The third-order valence-electron chi connectivity index (χ3n) is 17.2. The summed E-state index contributed by atoms with van der Waals surface area (Å²) in [5.74, 6) is -1.65.